The first-order valence-corrected chi connectivity index (χ1v) is 10.2. The molecule has 166 valence electrons. The van der Waals surface area contributed by atoms with E-state index in [1.165, 1.54) is 0 Å². The van der Waals surface area contributed by atoms with Gasteiger partial charge in [-0.05, 0) is 31.9 Å². The Bertz CT molecular complexity index is 919. The van der Waals surface area contributed by atoms with Gasteiger partial charge in [0.2, 0.25) is 0 Å². The van der Waals surface area contributed by atoms with E-state index in [4.69, 9.17) is 9.47 Å². The number of carbonyl (C=O) groups is 2. The first-order valence-electron chi connectivity index (χ1n) is 10.2. The Hall–Kier alpha value is -2.87. The predicted octanol–water partition coefficient (Wildman–Crippen LogP) is 4.25. The number of benzene rings is 2. The summed E-state index contributed by atoms with van der Waals surface area (Å²) in [5, 5.41) is 0. The smallest absolute Gasteiger partial charge is 0.257 e. The molecule has 8 heteroatoms. The average Bonchev–Trinajstić information content (AvgIpc) is 2.76. The third kappa shape index (κ3) is 5.44. The van der Waals surface area contributed by atoms with Crippen LogP contribution in [0.4, 0.5) is 13.2 Å². The number of nitrogens with zero attached hydrogens (tertiary/aromatic N) is 1. The lowest BCUT2D eigenvalue weighted by Crippen LogP contribution is -2.40. The highest BCUT2D eigenvalue weighted by Crippen LogP contribution is 2.27. The molecule has 5 nitrogen and oxygen atoms in total. The first-order chi connectivity index (χ1) is 14.9. The van der Waals surface area contributed by atoms with Crippen LogP contribution in [0.25, 0.3) is 0 Å². The molecule has 1 aliphatic heterocycles. The monoisotopic (exact) mass is 435 g/mol. The Morgan fingerprint density at radius 2 is 1.68 bits per heavy atom. The molecule has 0 radical (unpaired) electrons. The first kappa shape index (κ1) is 22.8. The van der Waals surface area contributed by atoms with Gasteiger partial charge in [0.15, 0.2) is 5.78 Å². The number of rotatable bonds is 8. The fourth-order valence-electron chi connectivity index (χ4n) is 3.62. The Morgan fingerprint density at radius 1 is 1.03 bits per heavy atom. The minimum Gasteiger partial charge on any atom is -0.490 e. The van der Waals surface area contributed by atoms with Crippen LogP contribution in [0.15, 0.2) is 36.4 Å². The molecule has 1 heterocycles. The summed E-state index contributed by atoms with van der Waals surface area (Å²) in [7, 11) is 0. The number of halogens is 3. The lowest BCUT2D eigenvalue weighted by atomic mass is 9.88. The molecule has 0 saturated carbocycles. The SMILES string of the molecule is CCOCCOc1ccccc1C(=O)N1CCC(C(=O)c2c(F)cc(F)cc2F)CC1. The molecule has 0 unspecified atom stereocenters. The highest BCUT2D eigenvalue weighted by atomic mass is 19.1. The molecule has 0 atom stereocenters. The summed E-state index contributed by atoms with van der Waals surface area (Å²) >= 11 is 0. The second kappa shape index (κ2) is 10.4. The van der Waals surface area contributed by atoms with Crippen molar-refractivity contribution in [2.75, 3.05) is 32.9 Å². The van der Waals surface area contributed by atoms with Gasteiger partial charge in [-0.15, -0.1) is 0 Å². The van der Waals surface area contributed by atoms with Crippen LogP contribution in [0.3, 0.4) is 0 Å². The van der Waals surface area contributed by atoms with Crippen LogP contribution in [0.2, 0.25) is 0 Å². The molecule has 0 aliphatic carbocycles. The van der Waals surface area contributed by atoms with Gasteiger partial charge in [0.05, 0.1) is 17.7 Å². The highest BCUT2D eigenvalue weighted by Gasteiger charge is 2.32. The lowest BCUT2D eigenvalue weighted by molar-refractivity contribution is 0.0641. The number of amides is 1. The van der Waals surface area contributed by atoms with Crippen LogP contribution in [-0.4, -0.2) is 49.5 Å². The fraction of sp³-hybridized carbons (Fsp3) is 0.391. The van der Waals surface area contributed by atoms with E-state index in [1.54, 1.807) is 29.2 Å². The Labute approximate surface area is 178 Å². The molecular formula is C23H24F3NO4. The molecule has 1 aliphatic rings. The third-order valence-corrected chi connectivity index (χ3v) is 5.21. The molecule has 1 amide bonds. The van der Waals surface area contributed by atoms with E-state index in [2.05, 4.69) is 0 Å². The Balaban J connectivity index is 1.64. The quantitative estimate of drug-likeness (QED) is 0.460. The fourth-order valence-corrected chi connectivity index (χ4v) is 3.62. The normalized spacial score (nSPS) is 14.5. The summed E-state index contributed by atoms with van der Waals surface area (Å²) in [5.74, 6) is -4.64. The topological polar surface area (TPSA) is 55.8 Å². The van der Waals surface area contributed by atoms with Gasteiger partial charge < -0.3 is 14.4 Å². The minimum atomic E-state index is -1.21. The summed E-state index contributed by atoms with van der Waals surface area (Å²) in [6.45, 7) is 3.68. The van der Waals surface area contributed by atoms with Gasteiger partial charge in [-0.2, -0.15) is 0 Å². The summed E-state index contributed by atoms with van der Waals surface area (Å²) in [6, 6.07) is 7.87. The number of para-hydroxylation sites is 1. The number of carbonyl (C=O) groups excluding carboxylic acids is 2. The molecular weight excluding hydrogens is 411 g/mol. The van der Waals surface area contributed by atoms with Crippen LogP contribution in [0.1, 0.15) is 40.5 Å². The van der Waals surface area contributed by atoms with Crippen molar-refractivity contribution in [3.63, 3.8) is 0 Å². The molecule has 3 rings (SSSR count). The van der Waals surface area contributed by atoms with Crippen molar-refractivity contribution < 1.29 is 32.2 Å². The number of ketones is 1. The largest absolute Gasteiger partial charge is 0.490 e. The zero-order valence-electron chi connectivity index (χ0n) is 17.2. The van der Waals surface area contributed by atoms with E-state index >= 15 is 0 Å². The molecule has 0 bridgehead atoms. The van der Waals surface area contributed by atoms with Crippen molar-refractivity contribution in [3.8, 4) is 5.75 Å². The van der Waals surface area contributed by atoms with Gasteiger partial charge in [0.1, 0.15) is 29.8 Å². The summed E-state index contributed by atoms with van der Waals surface area (Å²) in [4.78, 5) is 27.1. The maximum absolute atomic E-state index is 13.9. The average molecular weight is 435 g/mol. The molecule has 0 N–H and O–H groups in total. The van der Waals surface area contributed by atoms with Gasteiger partial charge >= 0.3 is 0 Å². The molecule has 1 fully saturated rings. The zero-order chi connectivity index (χ0) is 22.4. The molecule has 2 aromatic rings. The number of likely N-dealkylation sites (tertiary alicyclic amines) is 1. The van der Waals surface area contributed by atoms with Gasteiger partial charge in [0, 0.05) is 37.7 Å². The van der Waals surface area contributed by atoms with Gasteiger partial charge in [0.25, 0.3) is 5.91 Å². The minimum absolute atomic E-state index is 0.239. The van der Waals surface area contributed by atoms with Crippen molar-refractivity contribution in [2.24, 2.45) is 5.92 Å². The van der Waals surface area contributed by atoms with E-state index in [0.717, 1.165) is 0 Å². The van der Waals surface area contributed by atoms with Gasteiger partial charge in [-0.1, -0.05) is 12.1 Å². The van der Waals surface area contributed by atoms with E-state index in [9.17, 15) is 22.8 Å². The number of piperidine rings is 1. The number of Topliss-reactive ketones (excluding diaryl/α,β-unsaturated/α-hetero) is 1. The van der Waals surface area contributed by atoms with Crippen LogP contribution < -0.4 is 4.74 Å². The molecule has 0 spiro atoms. The van der Waals surface area contributed by atoms with Crippen LogP contribution in [-0.2, 0) is 4.74 Å². The second-order valence-corrected chi connectivity index (χ2v) is 7.22. The Morgan fingerprint density at radius 3 is 2.32 bits per heavy atom. The Kier molecular flexibility index (Phi) is 7.68. The standard InChI is InChI=1S/C23H24F3NO4/c1-2-30-11-12-31-20-6-4-3-5-17(20)23(29)27-9-7-15(8-10-27)22(28)21-18(25)13-16(24)14-19(21)26/h3-6,13-15H,2,7-12H2,1H3. The van der Waals surface area contributed by atoms with Crippen molar-refractivity contribution in [3.05, 3.63) is 65.0 Å². The van der Waals surface area contributed by atoms with Crippen molar-refractivity contribution in [2.45, 2.75) is 19.8 Å². The summed E-state index contributed by atoms with van der Waals surface area (Å²) in [6.07, 6.45) is 0.516. The van der Waals surface area contributed by atoms with Gasteiger partial charge in [-0.25, -0.2) is 13.2 Å². The number of hydrogen-bond acceptors (Lipinski definition) is 4. The predicted molar refractivity (Wildman–Crippen MR) is 108 cm³/mol. The maximum atomic E-state index is 13.9. The van der Waals surface area contributed by atoms with E-state index in [0.29, 0.717) is 43.3 Å². The number of ether oxygens (including phenoxy) is 2. The molecule has 0 aromatic heterocycles. The van der Waals surface area contributed by atoms with E-state index in [1.807, 2.05) is 6.92 Å². The van der Waals surface area contributed by atoms with Crippen molar-refractivity contribution >= 4 is 11.7 Å². The van der Waals surface area contributed by atoms with E-state index < -0.39 is 34.7 Å². The molecule has 31 heavy (non-hydrogen) atoms. The lowest BCUT2D eigenvalue weighted by Gasteiger charge is -2.31. The molecule has 2 aromatic carbocycles. The highest BCUT2D eigenvalue weighted by molar-refractivity contribution is 5.99. The zero-order valence-corrected chi connectivity index (χ0v) is 17.2. The molecule has 1 saturated heterocycles. The van der Waals surface area contributed by atoms with Crippen LogP contribution in [0, 0.1) is 23.4 Å². The summed E-state index contributed by atoms with van der Waals surface area (Å²) in [5.41, 5.74) is -0.321. The number of hydrogen-bond donors (Lipinski definition) is 0. The third-order valence-electron chi connectivity index (χ3n) is 5.21. The second-order valence-electron chi connectivity index (χ2n) is 7.22. The van der Waals surface area contributed by atoms with E-state index in [-0.39, 0.29) is 31.8 Å². The maximum Gasteiger partial charge on any atom is 0.257 e. The summed E-state index contributed by atoms with van der Waals surface area (Å²) < 4.78 is 51.9. The van der Waals surface area contributed by atoms with Crippen molar-refractivity contribution in [1.82, 2.24) is 4.90 Å². The van der Waals surface area contributed by atoms with Crippen LogP contribution in [0.5, 0.6) is 5.75 Å². The van der Waals surface area contributed by atoms with Gasteiger partial charge in [-0.3, -0.25) is 9.59 Å². The van der Waals surface area contributed by atoms with Crippen molar-refractivity contribution in [1.29, 1.82) is 0 Å². The van der Waals surface area contributed by atoms with Crippen LogP contribution >= 0.6 is 0 Å².